The summed E-state index contributed by atoms with van der Waals surface area (Å²) in [6.07, 6.45) is 3.83. The van der Waals surface area contributed by atoms with Crippen molar-refractivity contribution in [3.05, 3.63) is 95.8 Å². The van der Waals surface area contributed by atoms with Crippen molar-refractivity contribution in [2.45, 2.75) is 6.42 Å². The van der Waals surface area contributed by atoms with Gasteiger partial charge in [0.2, 0.25) is 0 Å². The molecular formula is C21H19N3O2. The Morgan fingerprint density at radius 2 is 1.62 bits per heavy atom. The van der Waals surface area contributed by atoms with E-state index in [1.54, 1.807) is 42.6 Å². The average molecular weight is 345 g/mol. The van der Waals surface area contributed by atoms with Gasteiger partial charge in [-0.15, -0.1) is 0 Å². The van der Waals surface area contributed by atoms with Crippen LogP contribution in [0.15, 0.2) is 79.1 Å². The third-order valence-electron chi connectivity index (χ3n) is 3.89. The number of anilines is 1. The number of nitrogens with zero attached hydrogens (tertiary/aromatic N) is 1. The van der Waals surface area contributed by atoms with Crippen molar-refractivity contribution >= 4 is 17.5 Å². The van der Waals surface area contributed by atoms with E-state index in [2.05, 4.69) is 15.6 Å². The Kier molecular flexibility index (Phi) is 5.72. The molecule has 0 aliphatic carbocycles. The number of benzene rings is 2. The second-order valence-electron chi connectivity index (χ2n) is 5.73. The van der Waals surface area contributed by atoms with E-state index in [-0.39, 0.29) is 11.8 Å². The van der Waals surface area contributed by atoms with Crippen LogP contribution in [0.4, 0.5) is 5.69 Å². The molecule has 0 unspecified atom stereocenters. The quantitative estimate of drug-likeness (QED) is 0.720. The van der Waals surface area contributed by atoms with Gasteiger partial charge in [-0.25, -0.2) is 0 Å². The van der Waals surface area contributed by atoms with Crippen LogP contribution in [-0.2, 0) is 6.42 Å². The summed E-state index contributed by atoms with van der Waals surface area (Å²) >= 11 is 0. The maximum absolute atomic E-state index is 12.5. The maximum Gasteiger partial charge on any atom is 0.257 e. The van der Waals surface area contributed by atoms with Gasteiger partial charge in [-0.3, -0.25) is 14.6 Å². The van der Waals surface area contributed by atoms with Crippen LogP contribution in [-0.4, -0.2) is 23.3 Å². The Labute approximate surface area is 152 Å². The van der Waals surface area contributed by atoms with Gasteiger partial charge in [-0.2, -0.15) is 0 Å². The first-order chi connectivity index (χ1) is 12.7. The first kappa shape index (κ1) is 17.4. The van der Waals surface area contributed by atoms with E-state index in [9.17, 15) is 9.59 Å². The first-order valence-corrected chi connectivity index (χ1v) is 8.36. The lowest BCUT2D eigenvalue weighted by atomic mass is 10.1. The summed E-state index contributed by atoms with van der Waals surface area (Å²) in [6.45, 7) is 0.522. The van der Waals surface area contributed by atoms with Crippen LogP contribution in [0.3, 0.4) is 0 Å². The second kappa shape index (κ2) is 8.58. The summed E-state index contributed by atoms with van der Waals surface area (Å²) in [6, 6.07) is 20.3. The van der Waals surface area contributed by atoms with Crippen LogP contribution in [0, 0.1) is 0 Å². The summed E-state index contributed by atoms with van der Waals surface area (Å²) in [7, 11) is 0. The van der Waals surface area contributed by atoms with Gasteiger partial charge in [-0.05, 0) is 36.2 Å². The van der Waals surface area contributed by atoms with Crippen LogP contribution >= 0.6 is 0 Å². The molecule has 3 rings (SSSR count). The van der Waals surface area contributed by atoms with E-state index in [4.69, 9.17) is 0 Å². The third kappa shape index (κ3) is 4.54. The molecule has 0 spiro atoms. The monoisotopic (exact) mass is 345 g/mol. The zero-order valence-electron chi connectivity index (χ0n) is 14.2. The highest BCUT2D eigenvalue weighted by molar-refractivity contribution is 6.08. The topological polar surface area (TPSA) is 71.1 Å². The molecule has 0 fully saturated rings. The second-order valence-corrected chi connectivity index (χ2v) is 5.73. The standard InChI is InChI=1S/C21H19N3O2/c25-20(17-9-6-13-22-15-17)24-19-11-5-4-10-18(19)21(26)23-14-12-16-7-2-1-3-8-16/h1-11,13,15H,12,14H2,(H,23,26)(H,24,25). The highest BCUT2D eigenvalue weighted by atomic mass is 16.2. The summed E-state index contributed by atoms with van der Waals surface area (Å²) in [4.78, 5) is 28.7. The molecule has 2 aromatic carbocycles. The van der Waals surface area contributed by atoms with Crippen molar-refractivity contribution in [1.82, 2.24) is 10.3 Å². The minimum Gasteiger partial charge on any atom is -0.352 e. The number of hydrogen-bond donors (Lipinski definition) is 2. The van der Waals surface area contributed by atoms with E-state index in [0.29, 0.717) is 23.4 Å². The Morgan fingerprint density at radius 3 is 2.38 bits per heavy atom. The highest BCUT2D eigenvalue weighted by Crippen LogP contribution is 2.16. The number of hydrogen-bond acceptors (Lipinski definition) is 3. The molecule has 0 saturated carbocycles. The average Bonchev–Trinajstić information content (AvgIpc) is 2.70. The lowest BCUT2D eigenvalue weighted by molar-refractivity contribution is 0.0955. The molecule has 2 amide bonds. The number of pyridine rings is 1. The van der Waals surface area contributed by atoms with Crippen molar-refractivity contribution in [2.75, 3.05) is 11.9 Å². The smallest absolute Gasteiger partial charge is 0.257 e. The minimum atomic E-state index is -0.303. The molecule has 0 atom stereocenters. The molecule has 5 nitrogen and oxygen atoms in total. The molecule has 0 bridgehead atoms. The predicted molar refractivity (Wildman–Crippen MR) is 101 cm³/mol. The number of amides is 2. The van der Waals surface area contributed by atoms with Gasteiger partial charge in [-0.1, -0.05) is 42.5 Å². The Balaban J connectivity index is 1.64. The van der Waals surface area contributed by atoms with Crippen LogP contribution in [0.2, 0.25) is 0 Å². The number of aromatic nitrogens is 1. The van der Waals surface area contributed by atoms with Crippen LogP contribution in [0.5, 0.6) is 0 Å². The Morgan fingerprint density at radius 1 is 0.846 bits per heavy atom. The number of rotatable bonds is 6. The van der Waals surface area contributed by atoms with E-state index in [1.807, 2.05) is 30.3 Å². The van der Waals surface area contributed by atoms with Crippen LogP contribution in [0.25, 0.3) is 0 Å². The number of para-hydroxylation sites is 1. The van der Waals surface area contributed by atoms with Gasteiger partial charge >= 0.3 is 0 Å². The fourth-order valence-corrected chi connectivity index (χ4v) is 2.54. The first-order valence-electron chi connectivity index (χ1n) is 8.36. The largest absolute Gasteiger partial charge is 0.352 e. The Bertz CT molecular complexity index is 880. The molecule has 0 aliphatic heterocycles. The van der Waals surface area contributed by atoms with Crippen LogP contribution in [0.1, 0.15) is 26.3 Å². The minimum absolute atomic E-state index is 0.219. The molecular weight excluding hydrogens is 326 g/mol. The molecule has 0 radical (unpaired) electrons. The van der Waals surface area contributed by atoms with Crippen molar-refractivity contribution in [3.8, 4) is 0 Å². The van der Waals surface area contributed by atoms with E-state index >= 15 is 0 Å². The molecule has 0 aliphatic rings. The van der Waals surface area contributed by atoms with Crippen molar-refractivity contribution in [2.24, 2.45) is 0 Å². The SMILES string of the molecule is O=C(Nc1ccccc1C(=O)NCCc1ccccc1)c1cccnc1. The molecule has 0 saturated heterocycles. The lowest BCUT2D eigenvalue weighted by Crippen LogP contribution is -2.27. The zero-order chi connectivity index (χ0) is 18.2. The highest BCUT2D eigenvalue weighted by Gasteiger charge is 2.13. The Hall–Kier alpha value is -3.47. The molecule has 1 aromatic heterocycles. The van der Waals surface area contributed by atoms with Crippen molar-refractivity contribution in [1.29, 1.82) is 0 Å². The van der Waals surface area contributed by atoms with Gasteiger partial charge in [0.05, 0.1) is 16.8 Å². The number of carbonyl (C=O) groups excluding carboxylic acids is 2. The van der Waals surface area contributed by atoms with E-state index < -0.39 is 0 Å². The summed E-state index contributed by atoms with van der Waals surface area (Å²) in [5, 5.41) is 5.67. The fraction of sp³-hybridized carbons (Fsp3) is 0.0952. The molecule has 5 heteroatoms. The summed E-state index contributed by atoms with van der Waals surface area (Å²) in [5.41, 5.74) is 2.49. The normalized spacial score (nSPS) is 10.2. The van der Waals surface area contributed by atoms with Crippen LogP contribution < -0.4 is 10.6 Å². The van der Waals surface area contributed by atoms with Gasteiger partial charge in [0.1, 0.15) is 0 Å². The van der Waals surface area contributed by atoms with Crippen molar-refractivity contribution < 1.29 is 9.59 Å². The lowest BCUT2D eigenvalue weighted by Gasteiger charge is -2.11. The summed E-state index contributed by atoms with van der Waals surface area (Å²) in [5.74, 6) is -0.523. The third-order valence-corrected chi connectivity index (χ3v) is 3.89. The molecule has 26 heavy (non-hydrogen) atoms. The number of carbonyl (C=O) groups is 2. The van der Waals surface area contributed by atoms with E-state index in [1.165, 1.54) is 6.20 Å². The van der Waals surface area contributed by atoms with Gasteiger partial charge in [0.15, 0.2) is 0 Å². The number of nitrogens with one attached hydrogen (secondary N) is 2. The van der Waals surface area contributed by atoms with Gasteiger partial charge < -0.3 is 10.6 Å². The summed E-state index contributed by atoms with van der Waals surface area (Å²) < 4.78 is 0. The fourth-order valence-electron chi connectivity index (χ4n) is 2.54. The molecule has 3 aromatic rings. The van der Waals surface area contributed by atoms with Gasteiger partial charge in [0.25, 0.3) is 11.8 Å². The molecule has 130 valence electrons. The van der Waals surface area contributed by atoms with Gasteiger partial charge in [0, 0.05) is 18.9 Å². The zero-order valence-corrected chi connectivity index (χ0v) is 14.2. The van der Waals surface area contributed by atoms with Crippen molar-refractivity contribution in [3.63, 3.8) is 0 Å². The molecule has 1 heterocycles. The molecule has 2 N–H and O–H groups in total. The van der Waals surface area contributed by atoms with E-state index in [0.717, 1.165) is 12.0 Å². The maximum atomic E-state index is 12.5. The predicted octanol–water partition coefficient (Wildman–Crippen LogP) is 3.31.